The minimum atomic E-state index is -0.682. The summed E-state index contributed by atoms with van der Waals surface area (Å²) in [6.07, 6.45) is 2.75. The van der Waals surface area contributed by atoms with Gasteiger partial charge in [0.1, 0.15) is 11.4 Å². The molecular formula is C26H29Cl3N8O4. The number of hydrogen-bond acceptors (Lipinski definition) is 11. The molecule has 3 saturated heterocycles. The first-order valence-electron chi connectivity index (χ1n) is 13.0. The first-order chi connectivity index (χ1) is 19.7. The summed E-state index contributed by atoms with van der Waals surface area (Å²) in [5.41, 5.74) is 7.23. The number of para-hydroxylation sites is 1. The average molecular weight is 624 g/mol. The third-order valence-corrected chi connectivity index (χ3v) is 6.60. The lowest BCUT2D eigenvalue weighted by atomic mass is 10.0. The Morgan fingerprint density at radius 2 is 1.51 bits per heavy atom. The molecule has 218 valence electrons. The molecule has 2 aromatic rings. The predicted octanol–water partition coefficient (Wildman–Crippen LogP) is 3.64. The highest BCUT2D eigenvalue weighted by Crippen LogP contribution is 2.34. The second-order valence-corrected chi connectivity index (χ2v) is 10.3. The number of ether oxygens (including phenoxy) is 1. The van der Waals surface area contributed by atoms with Gasteiger partial charge in [-0.15, -0.1) is 0 Å². The van der Waals surface area contributed by atoms with Crippen LogP contribution in [0.15, 0.2) is 47.4 Å². The maximum absolute atomic E-state index is 12.4. The van der Waals surface area contributed by atoms with Gasteiger partial charge in [0.25, 0.3) is 0 Å². The van der Waals surface area contributed by atoms with Crippen LogP contribution in [0.4, 0.5) is 16.4 Å². The van der Waals surface area contributed by atoms with Crippen LogP contribution in [-0.4, -0.2) is 93.2 Å². The van der Waals surface area contributed by atoms with Gasteiger partial charge in [-0.3, -0.25) is 9.59 Å². The normalized spacial score (nSPS) is 16.7. The second-order valence-electron chi connectivity index (χ2n) is 9.20. The summed E-state index contributed by atoms with van der Waals surface area (Å²) in [6.45, 7) is 7.87. The van der Waals surface area contributed by atoms with Crippen LogP contribution in [-0.2, 0) is 14.3 Å². The number of ketones is 2. The second kappa shape index (κ2) is 13.8. The zero-order valence-electron chi connectivity index (χ0n) is 22.3. The predicted molar refractivity (Wildman–Crippen MR) is 155 cm³/mol. The molecule has 0 unspecified atom stereocenters. The number of nitrogens with zero attached hydrogens (tertiary/aromatic N) is 6. The van der Waals surface area contributed by atoms with Gasteiger partial charge in [-0.2, -0.15) is 15.0 Å². The number of amides is 1. The van der Waals surface area contributed by atoms with E-state index in [0.29, 0.717) is 34.4 Å². The van der Waals surface area contributed by atoms with Gasteiger partial charge in [-0.05, 0) is 41.8 Å². The Labute approximate surface area is 252 Å². The van der Waals surface area contributed by atoms with Crippen molar-refractivity contribution in [1.29, 1.82) is 0 Å². The van der Waals surface area contributed by atoms with Crippen molar-refractivity contribution < 1.29 is 19.1 Å². The van der Waals surface area contributed by atoms with Gasteiger partial charge >= 0.3 is 6.09 Å². The summed E-state index contributed by atoms with van der Waals surface area (Å²) in [4.78, 5) is 51.7. The molecule has 41 heavy (non-hydrogen) atoms. The van der Waals surface area contributed by atoms with E-state index in [4.69, 9.17) is 34.8 Å². The van der Waals surface area contributed by atoms with E-state index in [2.05, 4.69) is 30.7 Å². The number of nitrogens with one attached hydrogen (secondary N) is 1. The molecule has 3 aliphatic heterocycles. The highest BCUT2D eigenvalue weighted by atomic mass is 35.5. The smallest absolute Gasteiger partial charge is 0.404 e. The molecule has 4 heterocycles. The van der Waals surface area contributed by atoms with Crippen molar-refractivity contribution in [2.24, 2.45) is 5.73 Å². The molecule has 0 bridgehead atoms. The quantitative estimate of drug-likeness (QED) is 0.252. The van der Waals surface area contributed by atoms with E-state index in [1.54, 1.807) is 12.1 Å². The molecule has 4 aliphatic rings. The average Bonchev–Trinajstić information content (AvgIpc) is 3.73. The molecule has 3 N–H and O–H groups in total. The Balaban J connectivity index is 0.000000152. The molecular weight excluding hydrogens is 595 g/mol. The van der Waals surface area contributed by atoms with Crippen molar-refractivity contribution in [3.63, 3.8) is 0 Å². The van der Waals surface area contributed by atoms with Crippen LogP contribution in [0.2, 0.25) is 15.6 Å². The van der Waals surface area contributed by atoms with Gasteiger partial charge in [0.05, 0.1) is 23.0 Å². The lowest BCUT2D eigenvalue weighted by Gasteiger charge is -2.21. The molecule has 1 aromatic carbocycles. The number of unbranched alkanes of at least 4 members (excludes halogenated alkanes) is 1. The van der Waals surface area contributed by atoms with E-state index in [1.165, 1.54) is 6.08 Å². The standard InChI is InChI=1S/C12H13N3O2.C9H5Cl3N4.C5H11NO2/c16-9-7-8(13-1-2-13)12(17)11(15-5-6-15)10(9)14-3-4-14;10-5-3-1-2-4-6(5)13-9-15-7(11)14-8(12)16-9;1-2-3-4-8-5(6)7/h7H,1-6H2;1-4H,(H,13,14,15,16);2-4H2,1H3,(H2,6,7). The lowest BCUT2D eigenvalue weighted by molar-refractivity contribution is -0.117. The first-order valence-corrected chi connectivity index (χ1v) is 14.1. The van der Waals surface area contributed by atoms with Crippen LogP contribution >= 0.6 is 34.8 Å². The van der Waals surface area contributed by atoms with E-state index in [9.17, 15) is 14.4 Å². The van der Waals surface area contributed by atoms with E-state index < -0.39 is 6.09 Å². The first kappa shape index (κ1) is 30.4. The zero-order chi connectivity index (χ0) is 29.5. The van der Waals surface area contributed by atoms with Gasteiger partial charge in [-0.1, -0.05) is 37.1 Å². The van der Waals surface area contributed by atoms with Crippen LogP contribution < -0.4 is 11.1 Å². The number of rotatable bonds is 8. The zero-order valence-corrected chi connectivity index (χ0v) is 24.5. The summed E-state index contributed by atoms with van der Waals surface area (Å²) >= 11 is 17.2. The molecule has 0 atom stereocenters. The number of primary amides is 1. The summed E-state index contributed by atoms with van der Waals surface area (Å²) < 4.78 is 4.42. The number of anilines is 2. The number of carbonyl (C=O) groups is 3. The Bertz CT molecular complexity index is 1350. The highest BCUT2D eigenvalue weighted by molar-refractivity contribution is 6.33. The molecule has 0 spiro atoms. The Morgan fingerprint density at radius 3 is 2.05 bits per heavy atom. The summed E-state index contributed by atoms with van der Waals surface area (Å²) in [7, 11) is 0. The third kappa shape index (κ3) is 8.94. The molecule has 0 saturated carbocycles. The number of Topliss-reactive ketones (excluding diaryl/α,β-unsaturated/α-hetero) is 1. The maximum atomic E-state index is 12.4. The summed E-state index contributed by atoms with van der Waals surface area (Å²) in [6, 6.07) is 7.18. The molecule has 0 radical (unpaired) electrons. The summed E-state index contributed by atoms with van der Waals surface area (Å²) in [5, 5.41) is 3.49. The van der Waals surface area contributed by atoms with Gasteiger partial charge in [0.2, 0.25) is 28.1 Å². The Morgan fingerprint density at radius 1 is 0.927 bits per heavy atom. The topological polar surface area (TPSA) is 146 Å². The molecule has 12 nitrogen and oxygen atoms in total. The number of aromatic nitrogens is 3. The van der Waals surface area contributed by atoms with Gasteiger partial charge < -0.3 is 30.5 Å². The van der Waals surface area contributed by atoms with Crippen molar-refractivity contribution in [3.8, 4) is 0 Å². The molecule has 6 rings (SSSR count). The van der Waals surface area contributed by atoms with E-state index in [1.807, 2.05) is 33.8 Å². The van der Waals surface area contributed by atoms with Crippen molar-refractivity contribution in [3.05, 3.63) is 63.0 Å². The highest BCUT2D eigenvalue weighted by Gasteiger charge is 2.43. The fourth-order valence-electron chi connectivity index (χ4n) is 3.66. The van der Waals surface area contributed by atoms with Crippen LogP contribution in [0.3, 0.4) is 0 Å². The monoisotopic (exact) mass is 622 g/mol. The molecule has 1 aliphatic carbocycles. The van der Waals surface area contributed by atoms with Gasteiger partial charge in [-0.25, -0.2) is 4.79 Å². The number of benzene rings is 1. The Hall–Kier alpha value is -3.61. The number of allylic oxidation sites excluding steroid dienone is 1. The molecule has 3 fully saturated rings. The minimum Gasteiger partial charge on any atom is -0.450 e. The van der Waals surface area contributed by atoms with Crippen molar-refractivity contribution in [2.75, 3.05) is 51.2 Å². The summed E-state index contributed by atoms with van der Waals surface area (Å²) in [5.74, 6) is 0.297. The van der Waals surface area contributed by atoms with E-state index >= 15 is 0 Å². The van der Waals surface area contributed by atoms with Crippen molar-refractivity contribution >= 4 is 64.1 Å². The number of carbonyl (C=O) groups excluding carboxylic acids is 3. The van der Waals surface area contributed by atoms with E-state index in [-0.39, 0.29) is 28.1 Å². The largest absolute Gasteiger partial charge is 0.450 e. The molecule has 1 amide bonds. The SMILES string of the molecule is CCCCOC(N)=O.Clc1nc(Cl)nc(Nc2ccccc2Cl)n1.O=C1C=C(N2CC2)C(=O)C(N2CC2)=C1N1CC1. The number of hydrogen-bond donors (Lipinski definition) is 2. The van der Waals surface area contributed by atoms with Crippen LogP contribution in [0.25, 0.3) is 0 Å². The number of halogens is 3. The van der Waals surface area contributed by atoms with Gasteiger partial charge in [0.15, 0.2) is 0 Å². The fourth-order valence-corrected chi connectivity index (χ4v) is 4.20. The van der Waals surface area contributed by atoms with Crippen molar-refractivity contribution in [1.82, 2.24) is 29.7 Å². The maximum Gasteiger partial charge on any atom is 0.404 e. The fraction of sp³-hybridized carbons (Fsp3) is 0.385. The number of nitrogens with two attached hydrogens (primary N) is 1. The van der Waals surface area contributed by atoms with Gasteiger partial charge in [0, 0.05) is 45.3 Å². The van der Waals surface area contributed by atoms with Crippen molar-refractivity contribution in [2.45, 2.75) is 19.8 Å². The molecule has 15 heteroatoms. The van der Waals surface area contributed by atoms with Crippen LogP contribution in [0.5, 0.6) is 0 Å². The Kier molecular flexibility index (Phi) is 10.2. The van der Waals surface area contributed by atoms with E-state index in [0.717, 1.165) is 52.1 Å². The minimum absolute atomic E-state index is 0.00546. The molecule has 1 aromatic heterocycles. The lowest BCUT2D eigenvalue weighted by Crippen LogP contribution is -2.29. The van der Waals surface area contributed by atoms with Crippen LogP contribution in [0, 0.1) is 0 Å². The van der Waals surface area contributed by atoms with Crippen LogP contribution in [0.1, 0.15) is 19.8 Å². The third-order valence-electron chi connectivity index (χ3n) is 5.93.